The molecule has 1 amide bonds. The van der Waals surface area contributed by atoms with Gasteiger partial charge in [0.05, 0.1) is 6.04 Å². The number of hydrazine groups is 1. The third-order valence-electron chi connectivity index (χ3n) is 7.68. The summed E-state index contributed by atoms with van der Waals surface area (Å²) in [6, 6.07) is 13.0. The number of carbonyl (C=O) groups is 1. The van der Waals surface area contributed by atoms with Crippen molar-refractivity contribution in [2.75, 3.05) is 6.54 Å². The van der Waals surface area contributed by atoms with Crippen LogP contribution in [0.5, 0.6) is 0 Å². The van der Waals surface area contributed by atoms with Crippen molar-refractivity contribution >= 4 is 63.5 Å². The van der Waals surface area contributed by atoms with Crippen LogP contribution >= 0.6 is 40.5 Å². The maximum Gasteiger partial charge on any atom is 0.257 e. The molecule has 1 aliphatic carbocycles. The molecule has 0 spiro atoms. The molecule has 2 aromatic rings. The van der Waals surface area contributed by atoms with Crippen LogP contribution in [0.3, 0.4) is 0 Å². The normalized spacial score (nSPS) is 25.8. The highest BCUT2D eigenvalue weighted by Crippen LogP contribution is 2.43. The summed E-state index contributed by atoms with van der Waals surface area (Å²) >= 11 is 0. The summed E-state index contributed by atoms with van der Waals surface area (Å²) in [6.07, 6.45) is 3.92. The molecule has 4 heterocycles. The molecule has 2 N–H and O–H groups in total. The number of halogens is 2. The molecule has 0 aromatic heterocycles. The first-order chi connectivity index (χ1) is 18.1. The van der Waals surface area contributed by atoms with Gasteiger partial charge in [-0.1, -0.05) is 64.1 Å². The van der Waals surface area contributed by atoms with Gasteiger partial charge in [0, 0.05) is 29.8 Å². The Morgan fingerprint density at radius 1 is 0.950 bits per heavy atom. The number of hydrogen-bond donors (Lipinski definition) is 2. The van der Waals surface area contributed by atoms with Gasteiger partial charge in [0.2, 0.25) is 0 Å². The van der Waals surface area contributed by atoms with E-state index in [2.05, 4.69) is 15.7 Å². The van der Waals surface area contributed by atoms with Gasteiger partial charge in [-0.05, 0) is 54.5 Å². The van der Waals surface area contributed by atoms with Gasteiger partial charge < -0.3 is 4.90 Å². The number of benzene rings is 2. The zero-order valence-corrected chi connectivity index (χ0v) is 26.7. The van der Waals surface area contributed by atoms with Crippen LogP contribution in [0.2, 0.25) is 0 Å². The Bertz CT molecular complexity index is 1150. The van der Waals surface area contributed by atoms with Crippen LogP contribution in [0, 0.1) is 11.8 Å². The fraction of sp³-hybridized carbons (Fsp3) is 0.517. The van der Waals surface area contributed by atoms with Gasteiger partial charge in [0.15, 0.2) is 6.29 Å². The highest BCUT2D eigenvalue weighted by Gasteiger charge is 2.45. The van der Waals surface area contributed by atoms with Gasteiger partial charge in [-0.3, -0.25) is 20.5 Å². The van der Waals surface area contributed by atoms with Crippen molar-refractivity contribution in [3.05, 3.63) is 59.8 Å². The summed E-state index contributed by atoms with van der Waals surface area (Å²) in [5.41, 5.74) is 4.73. The molecule has 2 unspecified atom stereocenters. The number of alkyl halides is 2. The van der Waals surface area contributed by atoms with E-state index in [0.29, 0.717) is 6.54 Å². The summed E-state index contributed by atoms with van der Waals surface area (Å²) in [5.74, 6) is 0.418. The molecule has 3 fully saturated rings. The number of carbonyl (C=O) groups excluding carboxylic acids is 1. The van der Waals surface area contributed by atoms with Crippen LogP contribution < -0.4 is 10.7 Å². The second kappa shape index (κ2) is 16.5. The van der Waals surface area contributed by atoms with Crippen LogP contribution in [-0.4, -0.2) is 53.5 Å². The average molecular weight is 614 g/mol. The number of amides is 1. The van der Waals surface area contributed by atoms with Crippen LogP contribution in [0.4, 0.5) is 8.78 Å². The predicted molar refractivity (Wildman–Crippen MR) is 176 cm³/mol. The highest BCUT2D eigenvalue weighted by atomic mass is 32.1. The second-order valence-electron chi connectivity index (χ2n) is 9.43. The van der Waals surface area contributed by atoms with Gasteiger partial charge in [-0.25, -0.2) is 13.8 Å². The number of allylic oxidation sites excluding steroid dienone is 1. The Morgan fingerprint density at radius 2 is 1.62 bits per heavy atom. The van der Waals surface area contributed by atoms with E-state index in [1.54, 1.807) is 12.4 Å². The molecule has 2 aromatic carbocycles. The van der Waals surface area contributed by atoms with Crippen LogP contribution in [0.1, 0.15) is 63.7 Å². The maximum atomic E-state index is 13.7. The third kappa shape index (κ3) is 7.09. The lowest BCUT2D eigenvalue weighted by atomic mass is 9.82. The Labute approximate surface area is 258 Å². The summed E-state index contributed by atoms with van der Waals surface area (Å²) in [6.45, 7) is 8.65. The zero-order valence-electron chi connectivity index (χ0n) is 23.7. The molecule has 0 radical (unpaired) electrons. The second-order valence-corrected chi connectivity index (χ2v) is 9.43. The molecule has 11 heteroatoms. The van der Waals surface area contributed by atoms with Crippen molar-refractivity contribution in [1.29, 1.82) is 0 Å². The van der Waals surface area contributed by atoms with Crippen molar-refractivity contribution in [2.45, 2.75) is 78.2 Å². The summed E-state index contributed by atoms with van der Waals surface area (Å²) in [5, 5.41) is 6.79. The van der Waals surface area contributed by atoms with E-state index in [0.717, 1.165) is 47.7 Å². The summed E-state index contributed by atoms with van der Waals surface area (Å²) in [7, 11) is 0. The predicted octanol–water partition coefficient (Wildman–Crippen LogP) is 6.11. The Kier molecular flexibility index (Phi) is 14.9. The Hall–Kier alpha value is -1.95. The number of nitrogens with zero attached hydrogens (tertiary/aromatic N) is 3. The fourth-order valence-electron chi connectivity index (χ4n) is 6.07. The average Bonchev–Trinajstić information content (AvgIpc) is 3.26. The fourth-order valence-corrected chi connectivity index (χ4v) is 6.07. The van der Waals surface area contributed by atoms with Gasteiger partial charge >= 0.3 is 0 Å². The minimum atomic E-state index is -2.50. The van der Waals surface area contributed by atoms with Gasteiger partial charge in [-0.2, -0.15) is 40.5 Å². The van der Waals surface area contributed by atoms with Crippen molar-refractivity contribution in [3.8, 4) is 0 Å². The van der Waals surface area contributed by atoms with E-state index < -0.39 is 18.8 Å². The molecular formula is C29H45F2N5OS3. The van der Waals surface area contributed by atoms with E-state index in [4.69, 9.17) is 0 Å². The smallest absolute Gasteiger partial charge is 0.257 e. The Morgan fingerprint density at radius 3 is 2.35 bits per heavy atom. The molecule has 2 bridgehead atoms. The number of nitrogens with one attached hydrogen (secondary N) is 2. The lowest BCUT2D eigenvalue weighted by Crippen LogP contribution is -2.56. The van der Waals surface area contributed by atoms with E-state index in [9.17, 15) is 13.6 Å². The van der Waals surface area contributed by atoms with Gasteiger partial charge in [0.1, 0.15) is 6.34 Å². The highest BCUT2D eigenvalue weighted by molar-refractivity contribution is 7.59. The third-order valence-corrected chi connectivity index (χ3v) is 7.68. The molecule has 7 rings (SSSR count). The number of rotatable bonds is 3. The molecule has 2 saturated heterocycles. The first-order valence-corrected chi connectivity index (χ1v) is 13.7. The van der Waals surface area contributed by atoms with Crippen molar-refractivity contribution in [1.82, 2.24) is 20.7 Å². The molecule has 4 aliphatic heterocycles. The summed E-state index contributed by atoms with van der Waals surface area (Å²) < 4.78 is 27.2. The molecule has 1 saturated carbocycles. The Balaban J connectivity index is 0.00000110. The SMILES string of the molecule is CC.CC.O=C(c1cccc2ccccc12)N1C[C@@H]2CC[C@@H]1CC[C@@H]2C1=CC(C(F)F)NC2N=CNN12.S.S.S. The molecule has 5 atom stereocenters. The first kappa shape index (κ1) is 36.1. The standard InChI is InChI=1S/C25H27F2N5O.2C2H6.3H2S/c26-23(27)21-12-22(32-25(30-21)28-14-29-32)19-11-10-17-9-8-16(19)13-31(17)24(33)20-7-3-5-15-4-1-2-6-18(15)20;2*1-2;;;/h1-7,12,14,16-17,19,21,23,25,30H,8-11,13H2,(H,28,29);2*1-2H3;3*1H2/t16-,17+,19-,21?,25?;;;;;/m0...../s1. The quantitative estimate of drug-likeness (QED) is 0.439. The topological polar surface area (TPSA) is 60.0 Å². The largest absolute Gasteiger partial charge is 0.335 e. The minimum Gasteiger partial charge on any atom is -0.335 e. The van der Waals surface area contributed by atoms with E-state index in [1.165, 1.54) is 0 Å². The molecule has 6 nitrogen and oxygen atoms in total. The minimum absolute atomic E-state index is 0. The number of hydrogen-bond acceptors (Lipinski definition) is 5. The lowest BCUT2D eigenvalue weighted by Gasteiger charge is -2.42. The van der Waals surface area contributed by atoms with Crippen molar-refractivity contribution < 1.29 is 13.6 Å². The van der Waals surface area contributed by atoms with Crippen molar-refractivity contribution in [2.24, 2.45) is 16.8 Å². The maximum absolute atomic E-state index is 13.7. The number of fused-ring (bicyclic) bond motifs is 6. The van der Waals surface area contributed by atoms with E-state index >= 15 is 0 Å². The van der Waals surface area contributed by atoms with Crippen molar-refractivity contribution in [3.63, 3.8) is 0 Å². The van der Waals surface area contributed by atoms with Gasteiger partial charge in [0.25, 0.3) is 12.3 Å². The van der Waals surface area contributed by atoms with E-state index in [-0.39, 0.29) is 64.3 Å². The molecule has 5 aliphatic rings. The number of piperidine rings is 1. The monoisotopic (exact) mass is 613 g/mol. The lowest BCUT2D eigenvalue weighted by molar-refractivity contribution is 0.0511. The van der Waals surface area contributed by atoms with E-state index in [1.807, 2.05) is 80.1 Å². The zero-order chi connectivity index (χ0) is 26.5. The summed E-state index contributed by atoms with van der Waals surface area (Å²) in [4.78, 5) is 20.0. The first-order valence-electron chi connectivity index (χ1n) is 13.7. The molecule has 40 heavy (non-hydrogen) atoms. The van der Waals surface area contributed by atoms with Crippen LogP contribution in [0.15, 0.2) is 59.2 Å². The number of aliphatic imine (C=N–C) groups is 1. The van der Waals surface area contributed by atoms with Crippen LogP contribution in [0.25, 0.3) is 10.8 Å². The molecular weight excluding hydrogens is 569 g/mol. The van der Waals surface area contributed by atoms with Gasteiger partial charge in [-0.15, -0.1) is 0 Å². The molecule has 224 valence electrons. The van der Waals surface area contributed by atoms with Crippen LogP contribution in [-0.2, 0) is 0 Å².